The van der Waals surface area contributed by atoms with Crippen LogP contribution < -0.4 is 0 Å². The molecule has 0 amide bonds. The van der Waals surface area contributed by atoms with E-state index < -0.39 is 16.8 Å². The first-order valence-corrected chi connectivity index (χ1v) is 58.0. The van der Waals surface area contributed by atoms with Gasteiger partial charge in [-0.1, -0.05) is 221 Å². The van der Waals surface area contributed by atoms with Crippen molar-refractivity contribution in [3.05, 3.63) is 0 Å². The van der Waals surface area contributed by atoms with E-state index in [4.69, 9.17) is 13.6 Å². The number of aliphatic hydroxyl groups is 1. The van der Waals surface area contributed by atoms with E-state index in [9.17, 15) is 13.5 Å². The number of β-amino-alcohol motifs (C(OH)–C–C–N with tert-alkyl or cyclic N) is 1. The summed E-state index contributed by atoms with van der Waals surface area (Å²) >= 11 is 0. The van der Waals surface area contributed by atoms with E-state index in [1.54, 1.807) is 14.2 Å². The van der Waals surface area contributed by atoms with E-state index in [1.807, 2.05) is 13.8 Å². The highest BCUT2D eigenvalue weighted by molar-refractivity contribution is 7.90. The van der Waals surface area contributed by atoms with Crippen LogP contribution in [-0.2, 0) is 19.3 Å². The van der Waals surface area contributed by atoms with E-state index in [0.717, 1.165) is 149 Å². The van der Waals surface area contributed by atoms with Gasteiger partial charge in [-0.2, -0.15) is 0 Å². The van der Waals surface area contributed by atoms with Crippen LogP contribution in [0.5, 0.6) is 0 Å². The molecule has 0 aromatic rings. The largest absolute Gasteiger partial charge is 0.392 e. The minimum absolute atomic E-state index is 0.0536. The Morgan fingerprint density at radius 1 is 0.346 bits per heavy atom. The molecule has 19 heteroatoms. The summed E-state index contributed by atoms with van der Waals surface area (Å²) in [4.78, 5) is 30.7. The van der Waals surface area contributed by atoms with Gasteiger partial charge in [0.15, 0.2) is 0 Å². The number of likely N-dealkylation sites (tertiary alicyclic amines) is 4. The first-order chi connectivity index (χ1) is 63.4. The SMILES string of the molecule is CC(C)CCN(C)C.CC(C)CCN(C)C.CC(C)CCN(C)C1CC1.CC(C)CCN1CCC(O)C1.CC(C)CCN1CCC1.CC(C)CCN1CCCC1.CC(C)CCN1CCCCC1.CC(C)CCN1CCN(C)CC1.CC(C)CCN1CCOCC1.CC(C)CCS(C)(=O)=O.CCN(C)CCC(C)C.CCN(CC)CCC(C)C.COCCC(C)C.[2H]C([2H])([2H])N(C)CCC(C)C. The number of sulfone groups is 1. The number of aliphatic hydroxyl groups excluding tert-OH is 1. The Hall–Kier alpha value is -0.690. The second-order valence-corrected chi connectivity index (χ2v) is 49.1. The highest BCUT2D eigenvalue weighted by Crippen LogP contribution is 2.26. The Morgan fingerprint density at radius 2 is 0.647 bits per heavy atom. The lowest BCUT2D eigenvalue weighted by atomic mass is 10.1. The summed E-state index contributed by atoms with van der Waals surface area (Å²) in [5, 5.41) is 9.22. The molecule has 1 aliphatic carbocycles. The van der Waals surface area contributed by atoms with Gasteiger partial charge in [0.2, 0.25) is 0 Å². The first-order valence-electron chi connectivity index (χ1n) is 57.4. The van der Waals surface area contributed by atoms with Crippen LogP contribution in [0.4, 0.5) is 0 Å². The summed E-state index contributed by atoms with van der Waals surface area (Å²) in [6, 6.07) is 0.943. The molecule has 1 atom stereocenters. The van der Waals surface area contributed by atoms with Crippen molar-refractivity contribution in [2.45, 2.75) is 374 Å². The zero-order valence-corrected chi connectivity index (χ0v) is 99.5. The molecule has 6 heterocycles. The van der Waals surface area contributed by atoms with Crippen LogP contribution in [0.2, 0.25) is 0 Å². The van der Waals surface area contributed by atoms with Crippen LogP contribution in [0.15, 0.2) is 0 Å². The smallest absolute Gasteiger partial charge is 0.147 e. The number of hydrogen-bond donors (Lipinski definition) is 1. The van der Waals surface area contributed by atoms with Gasteiger partial charge in [0, 0.05) is 82.5 Å². The molecular weight excluding hydrogens is 1660 g/mol. The lowest BCUT2D eigenvalue weighted by Gasteiger charge is -2.32. The summed E-state index contributed by atoms with van der Waals surface area (Å²) in [7, 11) is 15.7. The molecule has 133 heavy (non-hydrogen) atoms. The van der Waals surface area contributed by atoms with E-state index in [0.29, 0.717) is 24.1 Å². The first kappa shape index (κ1) is 139. The predicted octanol–water partition coefficient (Wildman–Crippen LogP) is 24.2. The topological polar surface area (TPSA) is 115 Å². The fraction of sp³-hybridized carbons (Fsp3) is 1.00. The van der Waals surface area contributed by atoms with Gasteiger partial charge in [-0.25, -0.2) is 8.42 Å². The third kappa shape index (κ3) is 129. The molecule has 6 aliphatic heterocycles. The van der Waals surface area contributed by atoms with Gasteiger partial charge >= 0.3 is 0 Å². The molecule has 0 radical (unpaired) electrons. The van der Waals surface area contributed by atoms with E-state index in [-0.39, 0.29) is 6.10 Å². The lowest BCUT2D eigenvalue weighted by molar-refractivity contribution is 0.0360. The summed E-state index contributed by atoms with van der Waals surface area (Å²) in [5.74, 6) is 11.5. The number of ether oxygens (including phenoxy) is 2. The Kier molecular flexibility index (Phi) is 103. The lowest BCUT2D eigenvalue weighted by Crippen LogP contribution is -2.44. The number of nitrogens with zero attached hydrogens (tertiary/aromatic N) is 13. The maximum absolute atomic E-state index is 10.5. The number of likely N-dealkylation sites (N-methyl/N-ethyl adjacent to an activating group) is 1. The Morgan fingerprint density at radius 3 is 0.902 bits per heavy atom. The van der Waals surface area contributed by atoms with Gasteiger partial charge in [-0.3, -0.25) is 4.90 Å². The summed E-state index contributed by atoms with van der Waals surface area (Å²) in [6.45, 7) is 106. The Bertz CT molecular complexity index is 2350. The van der Waals surface area contributed by atoms with Crippen LogP contribution >= 0.6 is 0 Å². The molecule has 18 nitrogen and oxygen atoms in total. The number of piperidine rings is 1. The molecule has 0 aromatic carbocycles. The highest BCUT2D eigenvalue weighted by Gasteiger charge is 2.26. The van der Waals surface area contributed by atoms with Gasteiger partial charge in [0.25, 0.3) is 0 Å². The van der Waals surface area contributed by atoms with Gasteiger partial charge in [0.05, 0.1) is 25.1 Å². The Labute approximate surface area is 845 Å². The Balaban J connectivity index is -0.000000264. The van der Waals surface area contributed by atoms with Gasteiger partial charge in [-0.15, -0.1) is 0 Å². The summed E-state index contributed by atoms with van der Waals surface area (Å²) in [5.41, 5.74) is 0. The number of morpholine rings is 1. The zero-order valence-electron chi connectivity index (χ0n) is 102. The van der Waals surface area contributed by atoms with Crippen molar-refractivity contribution in [2.24, 2.45) is 82.9 Å². The predicted molar refractivity (Wildman–Crippen MR) is 602 cm³/mol. The molecule has 7 rings (SSSR count). The normalized spacial score (nSPS) is 17.5. The van der Waals surface area contributed by atoms with Crippen molar-refractivity contribution in [3.8, 4) is 0 Å². The van der Waals surface area contributed by atoms with Crippen LogP contribution in [-0.4, -0.2) is 381 Å². The van der Waals surface area contributed by atoms with Crippen molar-refractivity contribution in [3.63, 3.8) is 0 Å². The van der Waals surface area contributed by atoms with Gasteiger partial charge in [0.1, 0.15) is 9.84 Å². The molecule has 1 unspecified atom stereocenters. The second-order valence-electron chi connectivity index (χ2n) is 46.8. The van der Waals surface area contributed by atoms with Crippen LogP contribution in [0, 0.1) is 82.9 Å². The van der Waals surface area contributed by atoms with Crippen molar-refractivity contribution >= 4 is 9.84 Å². The van der Waals surface area contributed by atoms with E-state index in [2.05, 4.69) is 309 Å². The third-order valence-electron chi connectivity index (χ3n) is 24.8. The molecule has 0 bridgehead atoms. The van der Waals surface area contributed by atoms with Crippen molar-refractivity contribution < 1.29 is 27.1 Å². The second kappa shape index (κ2) is 98.7. The highest BCUT2D eigenvalue weighted by atomic mass is 32.2. The number of piperazine rings is 1. The minimum Gasteiger partial charge on any atom is -0.392 e. The molecule has 6 saturated heterocycles. The molecule has 1 saturated carbocycles. The molecule has 0 spiro atoms. The zero-order chi connectivity index (χ0) is 106. The standard InChI is InChI=1S/C10H22N2.C10H21N.2C9H19NO.2C9H19N.C9H21N.C8H17N.C8H19N.3C7H17N.C6H14O2S.C6H14O/c1-10(2)4-5-12-8-6-11(3)7-9-12;1-10(2)6-9-11-7-4-3-5-8-11;1-8(2)3-5-10-6-4-9(11)7-10;1-9(2)3-4-10-5-7-11-8-6-10;1-8(2)6-7-10(3)9-4-5-9;1-9(2)5-8-10-6-3-4-7-10;1-5-10(6-2)8-7-9(3)4;1-8(2)4-7-9-5-3-6-9;1-5-9(4)7-6-8(2)3;3*1-7(2)5-6-8(3)4;1-6(2)4-5-9(3,7)8;1-6(2)4-5-7-3/h10H,4-9H2,1-3H3;10H,3-9H2,1-2H3;8-9,11H,3-7H2,1-2H3;9H,3-8H2,1-2H3;8-9H,4-7H2,1-3H3;9H,3-8H2,1-2H3;9H,5-8H2,1-4H3;8H,3-7H2,1-2H3;8H,5-7H2,1-4H3;3*7H,5-6H2,1-4H3;6H,4-5H2,1-3H3;6H,4-5H2,1-3H3/i;;;;;;;;;3D3;;;;. The number of rotatable bonds is 46. The van der Waals surface area contributed by atoms with E-state index in [1.165, 1.54) is 290 Å². The van der Waals surface area contributed by atoms with Crippen molar-refractivity contribution in [1.82, 2.24) is 63.7 Å². The van der Waals surface area contributed by atoms with Crippen LogP contribution in [0.3, 0.4) is 0 Å². The fourth-order valence-corrected chi connectivity index (χ4v) is 14.3. The maximum atomic E-state index is 10.5. The molecule has 1 N–H and O–H groups in total. The monoisotopic (exact) mass is 1920 g/mol. The summed E-state index contributed by atoms with van der Waals surface area (Å²) < 4.78 is 52.3. The number of methoxy groups -OCH3 is 1. The van der Waals surface area contributed by atoms with Gasteiger partial charge in [-0.05, 0) is 425 Å². The maximum Gasteiger partial charge on any atom is 0.147 e. The third-order valence-corrected chi connectivity index (χ3v) is 25.7. The minimum atomic E-state index is -2.72. The van der Waals surface area contributed by atoms with Gasteiger partial charge < -0.3 is 73.4 Å². The molecule has 812 valence electrons. The number of hydrogen-bond acceptors (Lipinski definition) is 18. The average Bonchev–Trinajstić information content (AvgIpc) is 1.72. The molecule has 0 aromatic heterocycles. The summed E-state index contributed by atoms with van der Waals surface area (Å²) in [6.07, 6.45) is 31.3. The quantitative estimate of drug-likeness (QED) is 0.0623. The van der Waals surface area contributed by atoms with Crippen molar-refractivity contribution in [1.29, 1.82) is 0 Å². The van der Waals surface area contributed by atoms with Crippen LogP contribution in [0.25, 0.3) is 0 Å². The fourth-order valence-electron chi connectivity index (χ4n) is 13.4. The average molecular weight is 1920 g/mol. The van der Waals surface area contributed by atoms with Crippen LogP contribution in [0.1, 0.15) is 366 Å². The molecule has 7 aliphatic rings. The molecule has 7 fully saturated rings. The van der Waals surface area contributed by atoms with Crippen molar-refractivity contribution in [2.75, 3.05) is 292 Å². The molecular formula is C114H255N13O5S. The van der Waals surface area contributed by atoms with E-state index >= 15 is 0 Å².